The molecule has 0 aliphatic carbocycles. The number of aliphatic carboxylic acids is 2. The Kier molecular flexibility index (Phi) is 26.8. The Morgan fingerprint density at radius 1 is 1.09 bits per heavy atom. The summed E-state index contributed by atoms with van der Waals surface area (Å²) in [5.74, 6) is -3.59. The third kappa shape index (κ3) is 28.1. The van der Waals surface area contributed by atoms with Crippen molar-refractivity contribution in [1.82, 2.24) is 0 Å². The Morgan fingerprint density at radius 2 is 1.61 bits per heavy atom. The Bertz CT molecular complexity index is 348. The number of hydrogen-bond donors (Lipinski definition) is 2. The summed E-state index contributed by atoms with van der Waals surface area (Å²) in [5.41, 5.74) is 0. The van der Waals surface area contributed by atoms with E-state index in [1.165, 1.54) is 0 Å². The fourth-order valence-electron chi connectivity index (χ4n) is 1.31. The van der Waals surface area contributed by atoms with Gasteiger partial charge in [-0.3, -0.25) is 4.52 Å². The second-order valence-electron chi connectivity index (χ2n) is 4.38. The molecule has 0 aliphatic rings. The first kappa shape index (κ1) is 31.8. The number of carbonyl (C=O) groups excluding carboxylic acids is 2. The van der Waals surface area contributed by atoms with Gasteiger partial charge < -0.3 is 29.6 Å². The molecule has 1 unspecified atom stereocenters. The molecule has 0 amide bonds. The third-order valence-electron chi connectivity index (χ3n) is 2.50. The maximum Gasteiger partial charge on any atom is 1.00 e. The van der Waals surface area contributed by atoms with Gasteiger partial charge in [-0.05, 0) is 19.3 Å². The zero-order valence-corrected chi connectivity index (χ0v) is 19.2. The van der Waals surface area contributed by atoms with E-state index in [-0.39, 0.29) is 72.1 Å². The van der Waals surface area contributed by atoms with Crippen molar-refractivity contribution in [3.8, 4) is 0 Å². The summed E-state index contributed by atoms with van der Waals surface area (Å²) in [6, 6.07) is 0. The van der Waals surface area contributed by atoms with Gasteiger partial charge in [0.05, 0.1) is 6.61 Å². The predicted octanol–water partition coefficient (Wildman–Crippen LogP) is -6.41. The quantitative estimate of drug-likeness (QED) is 0.219. The molecule has 1 atom stereocenters. The minimum Gasteiger partial charge on any atom is -0.550 e. The summed E-state index contributed by atoms with van der Waals surface area (Å²) in [5, 5.41) is 19.9. The average molecular weight is 372 g/mol. The summed E-state index contributed by atoms with van der Waals surface area (Å²) in [7, 11) is -4.21. The largest absolute Gasteiger partial charge is 1.00 e. The summed E-state index contributed by atoms with van der Waals surface area (Å²) >= 11 is 0. The summed E-state index contributed by atoms with van der Waals surface area (Å²) in [6.45, 7) is 3.82. The van der Waals surface area contributed by atoms with Crippen LogP contribution in [-0.4, -0.2) is 28.3 Å². The van der Waals surface area contributed by atoms with Gasteiger partial charge in [-0.15, -0.1) is 0 Å². The van der Waals surface area contributed by atoms with Crippen molar-refractivity contribution >= 4 is 19.8 Å². The van der Waals surface area contributed by atoms with E-state index in [1.54, 1.807) is 6.92 Å². The first-order valence-electron chi connectivity index (χ1n) is 6.74. The zero-order chi connectivity index (χ0) is 16.9. The van der Waals surface area contributed by atoms with Crippen LogP contribution < -0.4 is 69.3 Å². The second kappa shape index (κ2) is 19.4. The van der Waals surface area contributed by atoms with Crippen LogP contribution in [0.1, 0.15) is 52.4 Å². The van der Waals surface area contributed by atoms with Gasteiger partial charge in [0.2, 0.25) is 0 Å². The molecule has 0 heterocycles. The molecule has 0 aromatic rings. The van der Waals surface area contributed by atoms with Gasteiger partial charge in [0.25, 0.3) is 0 Å². The number of hydrogen-bond acceptors (Lipinski definition) is 6. The van der Waals surface area contributed by atoms with Crippen LogP contribution in [0.25, 0.3) is 0 Å². The topological polar surface area (TPSA) is 147 Å². The maximum absolute atomic E-state index is 10.1. The standard InChI is InChI=1S/C6H15O4P.C6H10O4.2Na/c1-2-3-4-5-6-10-11(7,8)9;1-2-4(6(9)10)3-5(7)8;;/h2-6H2,1H3,(H2,7,8,9);4H,2-3H2,1H3,(H,7,8)(H,9,10);;/q;;2*+1/p-2. The van der Waals surface area contributed by atoms with Crippen LogP contribution in [0.4, 0.5) is 0 Å². The van der Waals surface area contributed by atoms with Crippen LogP contribution >= 0.6 is 7.82 Å². The fraction of sp³-hybridized carbons (Fsp3) is 0.833. The van der Waals surface area contributed by atoms with Crippen molar-refractivity contribution in [3.05, 3.63) is 0 Å². The van der Waals surface area contributed by atoms with Crippen molar-refractivity contribution in [1.29, 1.82) is 0 Å². The monoisotopic (exact) mass is 372 g/mol. The summed E-state index contributed by atoms with van der Waals surface area (Å²) < 4.78 is 14.4. The van der Waals surface area contributed by atoms with E-state index < -0.39 is 32.1 Å². The van der Waals surface area contributed by atoms with Crippen LogP contribution in [0.2, 0.25) is 0 Å². The molecular weight excluding hydrogens is 349 g/mol. The minimum absolute atomic E-state index is 0. The van der Waals surface area contributed by atoms with E-state index in [2.05, 4.69) is 11.4 Å². The van der Waals surface area contributed by atoms with Crippen molar-refractivity contribution in [2.24, 2.45) is 5.92 Å². The SMILES string of the molecule is CCC(CC(=O)[O-])C(=O)[O-].CCCCCCOP(=O)(O)O.[Na+].[Na+]. The molecule has 11 heteroatoms. The molecule has 0 saturated heterocycles. The van der Waals surface area contributed by atoms with Gasteiger partial charge in [-0.25, -0.2) is 4.57 Å². The molecule has 23 heavy (non-hydrogen) atoms. The molecule has 0 spiro atoms. The van der Waals surface area contributed by atoms with E-state index in [1.807, 2.05) is 0 Å². The Hall–Kier alpha value is 1.05. The van der Waals surface area contributed by atoms with Gasteiger partial charge in [-0.1, -0.05) is 33.1 Å². The Labute approximate surface area is 181 Å². The van der Waals surface area contributed by atoms with Gasteiger partial charge in [0, 0.05) is 17.9 Å². The van der Waals surface area contributed by atoms with Crippen molar-refractivity contribution < 1.29 is 97.8 Å². The number of unbranched alkanes of at least 4 members (excludes halogenated alkanes) is 3. The van der Waals surface area contributed by atoms with Gasteiger partial charge in [0.15, 0.2) is 0 Å². The molecule has 2 N–H and O–H groups in total. The molecular formula is C12H23Na2O8P. The van der Waals surface area contributed by atoms with Crippen LogP contribution in [0, 0.1) is 5.92 Å². The summed E-state index contributed by atoms with van der Waals surface area (Å²) in [4.78, 5) is 36.5. The van der Waals surface area contributed by atoms with Gasteiger partial charge in [0.1, 0.15) is 0 Å². The van der Waals surface area contributed by atoms with Crippen LogP contribution in [0.15, 0.2) is 0 Å². The molecule has 0 radical (unpaired) electrons. The predicted molar refractivity (Wildman–Crippen MR) is 70.6 cm³/mol. The van der Waals surface area contributed by atoms with Crippen LogP contribution in [-0.2, 0) is 18.7 Å². The number of carboxylic acids is 2. The molecule has 0 aliphatic heterocycles. The molecule has 0 rings (SSSR count). The van der Waals surface area contributed by atoms with Crippen LogP contribution in [0.5, 0.6) is 0 Å². The molecule has 0 saturated carbocycles. The second-order valence-corrected chi connectivity index (χ2v) is 5.62. The van der Waals surface area contributed by atoms with Gasteiger partial charge >= 0.3 is 66.9 Å². The third-order valence-corrected chi connectivity index (χ3v) is 3.02. The van der Waals surface area contributed by atoms with Crippen molar-refractivity contribution in [3.63, 3.8) is 0 Å². The maximum atomic E-state index is 10.1. The zero-order valence-electron chi connectivity index (χ0n) is 14.3. The van der Waals surface area contributed by atoms with E-state index in [0.717, 1.165) is 25.7 Å². The fourth-order valence-corrected chi connectivity index (χ4v) is 1.67. The molecule has 126 valence electrons. The molecule has 0 aromatic carbocycles. The van der Waals surface area contributed by atoms with E-state index in [4.69, 9.17) is 9.79 Å². The van der Waals surface area contributed by atoms with E-state index in [0.29, 0.717) is 0 Å². The number of carbonyl (C=O) groups is 2. The number of phosphoric ester groups is 1. The van der Waals surface area contributed by atoms with E-state index >= 15 is 0 Å². The van der Waals surface area contributed by atoms with Crippen LogP contribution in [0.3, 0.4) is 0 Å². The molecule has 0 aromatic heterocycles. The number of carboxylic acid groups (broad SMARTS) is 2. The minimum atomic E-state index is -4.21. The number of phosphoric acid groups is 1. The first-order chi connectivity index (χ1) is 9.64. The van der Waals surface area contributed by atoms with Crippen molar-refractivity contribution in [2.75, 3.05) is 6.61 Å². The normalized spacial score (nSPS) is 11.1. The molecule has 0 fully saturated rings. The first-order valence-corrected chi connectivity index (χ1v) is 8.27. The number of rotatable bonds is 10. The smallest absolute Gasteiger partial charge is 0.550 e. The van der Waals surface area contributed by atoms with Gasteiger partial charge in [-0.2, -0.15) is 0 Å². The summed E-state index contributed by atoms with van der Waals surface area (Å²) in [6.07, 6.45) is 3.69. The Balaban J connectivity index is -0.000000145. The molecule has 8 nitrogen and oxygen atoms in total. The average Bonchev–Trinajstić information content (AvgIpc) is 2.34. The van der Waals surface area contributed by atoms with E-state index in [9.17, 15) is 24.4 Å². The van der Waals surface area contributed by atoms with Crippen molar-refractivity contribution in [2.45, 2.75) is 52.4 Å². The molecule has 0 bridgehead atoms. The Morgan fingerprint density at radius 3 is 1.87 bits per heavy atom.